The summed E-state index contributed by atoms with van der Waals surface area (Å²) < 4.78 is 0. The van der Waals surface area contributed by atoms with Gasteiger partial charge in [-0.25, -0.2) is 0 Å². The molecule has 3 heteroatoms. The van der Waals surface area contributed by atoms with Crippen molar-refractivity contribution in [3.8, 4) is 0 Å². The molecule has 0 unspecified atom stereocenters. The third-order valence-electron chi connectivity index (χ3n) is 1.76. The molecule has 0 aliphatic carbocycles. The minimum absolute atomic E-state index is 0.660. The van der Waals surface area contributed by atoms with Gasteiger partial charge >= 0.3 is 0 Å². The van der Waals surface area contributed by atoms with Crippen molar-refractivity contribution in [2.24, 2.45) is 0 Å². The van der Waals surface area contributed by atoms with Crippen molar-refractivity contribution in [1.82, 2.24) is 4.98 Å². The summed E-state index contributed by atoms with van der Waals surface area (Å²) in [4.78, 5) is 4.13. The third-order valence-corrected chi connectivity index (χ3v) is 1.76. The van der Waals surface area contributed by atoms with E-state index in [0.29, 0.717) is 11.4 Å². The van der Waals surface area contributed by atoms with Gasteiger partial charge in [0.05, 0.1) is 23.1 Å². The second-order valence-electron chi connectivity index (χ2n) is 2.69. The Bertz CT molecular complexity index is 423. The first-order chi connectivity index (χ1) is 5.77. The number of hydrogen-bond acceptors (Lipinski definition) is 3. The second kappa shape index (κ2) is 2.37. The molecule has 2 rings (SSSR count). The Labute approximate surface area is 70.0 Å². The minimum Gasteiger partial charge on any atom is -0.397 e. The summed E-state index contributed by atoms with van der Waals surface area (Å²) in [6.07, 6.45) is 1.61. The van der Waals surface area contributed by atoms with E-state index in [-0.39, 0.29) is 0 Å². The molecule has 3 nitrogen and oxygen atoms in total. The van der Waals surface area contributed by atoms with Gasteiger partial charge in [0.1, 0.15) is 0 Å². The lowest BCUT2D eigenvalue weighted by atomic mass is 10.2. The van der Waals surface area contributed by atoms with Crippen molar-refractivity contribution in [1.29, 1.82) is 0 Å². The highest BCUT2D eigenvalue weighted by atomic mass is 14.7. The minimum atomic E-state index is 0.660. The van der Waals surface area contributed by atoms with E-state index in [0.717, 1.165) is 10.9 Å². The van der Waals surface area contributed by atoms with Crippen LogP contribution in [0.25, 0.3) is 10.9 Å². The number of fused-ring (bicyclic) bond motifs is 1. The molecule has 0 saturated carbocycles. The standard InChI is InChI=1S/C9H9N3/c10-7-4-6-2-1-3-8(11)9(6)12-5-7/h1-5H,10-11H2. The number of anilines is 2. The molecule has 60 valence electrons. The molecule has 0 saturated heterocycles. The van der Waals surface area contributed by atoms with Crippen molar-refractivity contribution in [3.05, 3.63) is 30.5 Å². The molecule has 1 aromatic heterocycles. The molecule has 4 N–H and O–H groups in total. The summed E-state index contributed by atoms with van der Waals surface area (Å²) in [6.45, 7) is 0. The van der Waals surface area contributed by atoms with Gasteiger partial charge in [0.2, 0.25) is 0 Å². The summed E-state index contributed by atoms with van der Waals surface area (Å²) >= 11 is 0. The van der Waals surface area contributed by atoms with E-state index in [9.17, 15) is 0 Å². The molecule has 0 atom stereocenters. The Morgan fingerprint density at radius 1 is 1.17 bits per heavy atom. The first kappa shape index (κ1) is 6.91. The number of rotatable bonds is 0. The van der Waals surface area contributed by atoms with Crippen molar-refractivity contribution < 1.29 is 0 Å². The van der Waals surface area contributed by atoms with Gasteiger partial charge in [0.25, 0.3) is 0 Å². The predicted octanol–water partition coefficient (Wildman–Crippen LogP) is 1.40. The first-order valence-corrected chi connectivity index (χ1v) is 3.67. The van der Waals surface area contributed by atoms with Crippen LogP contribution in [0.15, 0.2) is 30.5 Å². The molecule has 0 amide bonds. The average Bonchev–Trinajstić information content (AvgIpc) is 2.04. The third kappa shape index (κ3) is 0.955. The molecule has 0 bridgehead atoms. The monoisotopic (exact) mass is 159 g/mol. The van der Waals surface area contributed by atoms with Gasteiger partial charge in [-0.1, -0.05) is 12.1 Å². The Morgan fingerprint density at radius 3 is 2.83 bits per heavy atom. The van der Waals surface area contributed by atoms with Gasteiger partial charge in [-0.2, -0.15) is 0 Å². The highest BCUT2D eigenvalue weighted by Crippen LogP contribution is 2.19. The lowest BCUT2D eigenvalue weighted by Gasteiger charge is -2.00. The Morgan fingerprint density at radius 2 is 2.00 bits per heavy atom. The van der Waals surface area contributed by atoms with Crippen molar-refractivity contribution in [2.75, 3.05) is 11.5 Å². The molecule has 1 aromatic carbocycles. The maximum atomic E-state index is 5.70. The Balaban J connectivity index is 2.86. The van der Waals surface area contributed by atoms with E-state index in [1.165, 1.54) is 0 Å². The molecule has 0 fully saturated rings. The molecule has 0 spiro atoms. The number of aromatic nitrogens is 1. The van der Waals surface area contributed by atoms with Crippen LogP contribution in [0.1, 0.15) is 0 Å². The van der Waals surface area contributed by atoms with Crippen molar-refractivity contribution in [2.45, 2.75) is 0 Å². The number of nitrogen functional groups attached to an aromatic ring is 2. The van der Waals surface area contributed by atoms with Gasteiger partial charge in [-0.3, -0.25) is 4.98 Å². The highest BCUT2D eigenvalue weighted by molar-refractivity contribution is 5.90. The van der Waals surface area contributed by atoms with Crippen LogP contribution in [-0.4, -0.2) is 4.98 Å². The molecule has 0 radical (unpaired) electrons. The maximum absolute atomic E-state index is 5.70. The van der Waals surface area contributed by atoms with Crippen molar-refractivity contribution in [3.63, 3.8) is 0 Å². The van der Waals surface area contributed by atoms with Crippen LogP contribution in [0.5, 0.6) is 0 Å². The van der Waals surface area contributed by atoms with E-state index in [4.69, 9.17) is 11.5 Å². The maximum Gasteiger partial charge on any atom is 0.0932 e. The van der Waals surface area contributed by atoms with Gasteiger partial charge < -0.3 is 11.5 Å². The summed E-state index contributed by atoms with van der Waals surface area (Å²) in [5.41, 5.74) is 13.4. The number of benzene rings is 1. The van der Waals surface area contributed by atoms with E-state index in [2.05, 4.69) is 4.98 Å². The van der Waals surface area contributed by atoms with E-state index in [1.807, 2.05) is 24.3 Å². The Hall–Kier alpha value is -1.77. The molecule has 0 aliphatic heterocycles. The zero-order valence-electron chi connectivity index (χ0n) is 6.49. The molecule has 2 aromatic rings. The van der Waals surface area contributed by atoms with Crippen molar-refractivity contribution >= 4 is 22.3 Å². The number of nitrogens with zero attached hydrogens (tertiary/aromatic N) is 1. The normalized spacial score (nSPS) is 10.3. The smallest absolute Gasteiger partial charge is 0.0932 e. The summed E-state index contributed by atoms with van der Waals surface area (Å²) in [5.74, 6) is 0. The Kier molecular flexibility index (Phi) is 1.37. The van der Waals surface area contributed by atoms with Gasteiger partial charge in [-0.05, 0) is 12.1 Å². The van der Waals surface area contributed by atoms with E-state index in [1.54, 1.807) is 6.20 Å². The molecule has 0 aliphatic rings. The van der Waals surface area contributed by atoms with Crippen LogP contribution in [0.2, 0.25) is 0 Å². The molecular formula is C9H9N3. The second-order valence-corrected chi connectivity index (χ2v) is 2.69. The zero-order valence-corrected chi connectivity index (χ0v) is 6.49. The molecule has 12 heavy (non-hydrogen) atoms. The molecule has 1 heterocycles. The fourth-order valence-electron chi connectivity index (χ4n) is 1.20. The van der Waals surface area contributed by atoms with Gasteiger partial charge in [0, 0.05) is 5.39 Å². The van der Waals surface area contributed by atoms with Crippen LogP contribution < -0.4 is 11.5 Å². The molecular weight excluding hydrogens is 150 g/mol. The van der Waals surface area contributed by atoms with E-state index < -0.39 is 0 Å². The topological polar surface area (TPSA) is 64.9 Å². The number of pyridine rings is 1. The summed E-state index contributed by atoms with van der Waals surface area (Å²) in [6, 6.07) is 7.51. The number of para-hydroxylation sites is 1. The fraction of sp³-hybridized carbons (Fsp3) is 0. The zero-order chi connectivity index (χ0) is 8.55. The average molecular weight is 159 g/mol. The largest absolute Gasteiger partial charge is 0.397 e. The van der Waals surface area contributed by atoms with Crippen LogP contribution in [-0.2, 0) is 0 Å². The number of nitrogens with two attached hydrogens (primary N) is 2. The lowest BCUT2D eigenvalue weighted by Crippen LogP contribution is -1.91. The van der Waals surface area contributed by atoms with Crippen LogP contribution in [0, 0.1) is 0 Å². The number of hydrogen-bond donors (Lipinski definition) is 2. The van der Waals surface area contributed by atoms with Crippen LogP contribution in [0.3, 0.4) is 0 Å². The summed E-state index contributed by atoms with van der Waals surface area (Å²) in [5, 5.41) is 0.981. The highest BCUT2D eigenvalue weighted by Gasteiger charge is 1.97. The van der Waals surface area contributed by atoms with Gasteiger partial charge in [0.15, 0.2) is 0 Å². The van der Waals surface area contributed by atoms with Gasteiger partial charge in [-0.15, -0.1) is 0 Å². The quantitative estimate of drug-likeness (QED) is 0.571. The predicted molar refractivity (Wildman–Crippen MR) is 50.6 cm³/mol. The fourth-order valence-corrected chi connectivity index (χ4v) is 1.20. The SMILES string of the molecule is Nc1cnc2c(N)cccc2c1. The first-order valence-electron chi connectivity index (χ1n) is 3.67. The van der Waals surface area contributed by atoms with Crippen LogP contribution in [0.4, 0.5) is 11.4 Å². The van der Waals surface area contributed by atoms with E-state index >= 15 is 0 Å². The lowest BCUT2D eigenvalue weighted by molar-refractivity contribution is 1.41. The summed E-state index contributed by atoms with van der Waals surface area (Å²) in [7, 11) is 0. The van der Waals surface area contributed by atoms with Crippen LogP contribution >= 0.6 is 0 Å².